The number of methoxy groups -OCH3 is 1. The molecule has 1 fully saturated rings. The monoisotopic (exact) mass is 395 g/mol. The van der Waals surface area contributed by atoms with Gasteiger partial charge in [0.2, 0.25) is 0 Å². The van der Waals surface area contributed by atoms with Crippen LogP contribution < -0.4 is 10.6 Å². The van der Waals surface area contributed by atoms with Gasteiger partial charge in [0.15, 0.2) is 5.96 Å². The number of nitrogens with one attached hydrogen (secondary N) is 2. The molecule has 4 nitrogen and oxygen atoms in total. The van der Waals surface area contributed by atoms with Gasteiger partial charge in [0, 0.05) is 32.9 Å². The summed E-state index contributed by atoms with van der Waals surface area (Å²) in [6.07, 6.45) is 1.57. The summed E-state index contributed by atoms with van der Waals surface area (Å²) in [5.74, 6) is 6.44. The second-order valence-electron chi connectivity index (χ2n) is 7.11. The molecule has 0 atom stereocenters. The Labute approximate surface area is 165 Å². The molecule has 2 rings (SSSR count). The highest BCUT2D eigenvalue weighted by Crippen LogP contribution is 2.40. The van der Waals surface area contributed by atoms with Gasteiger partial charge in [-0.3, -0.25) is 4.99 Å². The van der Waals surface area contributed by atoms with Crippen LogP contribution in [0.1, 0.15) is 43.2 Å². The van der Waals surface area contributed by atoms with E-state index in [0.29, 0.717) is 18.1 Å². The molecule has 0 aromatic heterocycles. The van der Waals surface area contributed by atoms with Gasteiger partial charge in [0.1, 0.15) is 0 Å². The Bertz CT molecular complexity index is 696. The van der Waals surface area contributed by atoms with Crippen LogP contribution in [0.5, 0.6) is 0 Å². The van der Waals surface area contributed by atoms with E-state index in [1.165, 1.54) is 37.8 Å². The molecule has 154 valence electrons. The lowest BCUT2D eigenvalue weighted by Crippen LogP contribution is -2.43. The van der Waals surface area contributed by atoms with E-state index in [9.17, 15) is 13.2 Å². The van der Waals surface area contributed by atoms with Crippen LogP contribution in [0, 0.1) is 17.3 Å². The maximum absolute atomic E-state index is 12.6. The minimum absolute atomic E-state index is 0.250. The zero-order valence-corrected chi connectivity index (χ0v) is 16.5. The summed E-state index contributed by atoms with van der Waals surface area (Å²) in [6.45, 7) is 1.94. The van der Waals surface area contributed by atoms with Crippen molar-refractivity contribution in [3.8, 4) is 11.8 Å². The van der Waals surface area contributed by atoms with Crippen molar-refractivity contribution in [3.63, 3.8) is 0 Å². The molecular formula is C21H28F3N3O. The predicted molar refractivity (Wildman–Crippen MR) is 105 cm³/mol. The third-order valence-corrected chi connectivity index (χ3v) is 5.14. The predicted octanol–water partition coefficient (Wildman–Crippen LogP) is 3.82. The van der Waals surface area contributed by atoms with Crippen LogP contribution in [-0.4, -0.2) is 39.8 Å². The molecule has 0 unspecified atom stereocenters. The minimum Gasteiger partial charge on any atom is -0.385 e. The number of alkyl halides is 3. The molecule has 1 aromatic carbocycles. The quantitative estimate of drug-likeness (QED) is 0.437. The highest BCUT2D eigenvalue weighted by atomic mass is 19.4. The van der Waals surface area contributed by atoms with Crippen molar-refractivity contribution in [1.82, 2.24) is 10.6 Å². The molecule has 0 bridgehead atoms. The topological polar surface area (TPSA) is 45.7 Å². The van der Waals surface area contributed by atoms with Gasteiger partial charge in [-0.25, -0.2) is 0 Å². The molecule has 0 heterocycles. The molecule has 1 aliphatic carbocycles. The van der Waals surface area contributed by atoms with Crippen molar-refractivity contribution in [1.29, 1.82) is 0 Å². The fraction of sp³-hybridized carbons (Fsp3) is 0.571. The summed E-state index contributed by atoms with van der Waals surface area (Å²) < 4.78 is 42.9. The Kier molecular flexibility index (Phi) is 8.18. The summed E-state index contributed by atoms with van der Waals surface area (Å²) >= 11 is 0. The number of hydrogen-bond acceptors (Lipinski definition) is 2. The molecule has 2 N–H and O–H groups in total. The highest BCUT2D eigenvalue weighted by Gasteiger charge is 2.33. The summed E-state index contributed by atoms with van der Waals surface area (Å²) in [5.41, 5.74) is 0.122. The molecule has 0 radical (unpaired) electrons. The van der Waals surface area contributed by atoms with Gasteiger partial charge in [0.05, 0.1) is 12.1 Å². The largest absolute Gasteiger partial charge is 0.416 e. The number of hydrogen-bond donors (Lipinski definition) is 2. The first-order valence-electron chi connectivity index (χ1n) is 9.48. The van der Waals surface area contributed by atoms with Crippen molar-refractivity contribution in [2.75, 3.05) is 33.9 Å². The second-order valence-corrected chi connectivity index (χ2v) is 7.11. The maximum atomic E-state index is 12.6. The Hall–Kier alpha value is -2.20. The van der Waals surface area contributed by atoms with Crippen LogP contribution in [0.25, 0.3) is 0 Å². The molecule has 7 heteroatoms. The van der Waals surface area contributed by atoms with Gasteiger partial charge in [-0.2, -0.15) is 13.2 Å². The molecule has 1 saturated carbocycles. The van der Waals surface area contributed by atoms with Crippen molar-refractivity contribution in [2.45, 2.75) is 38.3 Å². The smallest absolute Gasteiger partial charge is 0.385 e. The van der Waals surface area contributed by atoms with Gasteiger partial charge in [-0.1, -0.05) is 24.7 Å². The Morgan fingerprint density at radius 1 is 1.18 bits per heavy atom. The van der Waals surface area contributed by atoms with E-state index in [2.05, 4.69) is 27.5 Å². The molecule has 1 aromatic rings. The van der Waals surface area contributed by atoms with Crippen LogP contribution in [0.4, 0.5) is 13.2 Å². The lowest BCUT2D eigenvalue weighted by atomic mass is 9.83. The Morgan fingerprint density at radius 3 is 2.43 bits per heavy atom. The van der Waals surface area contributed by atoms with Crippen molar-refractivity contribution >= 4 is 5.96 Å². The van der Waals surface area contributed by atoms with Crippen molar-refractivity contribution < 1.29 is 17.9 Å². The van der Waals surface area contributed by atoms with Crippen molar-refractivity contribution in [2.24, 2.45) is 10.4 Å². The number of aliphatic imine (C=N–C) groups is 1. The minimum atomic E-state index is -4.33. The number of rotatable bonds is 6. The van der Waals surface area contributed by atoms with E-state index in [4.69, 9.17) is 4.74 Å². The average molecular weight is 395 g/mol. The van der Waals surface area contributed by atoms with Crippen LogP contribution in [-0.2, 0) is 10.9 Å². The number of nitrogens with zero attached hydrogens (tertiary/aromatic N) is 1. The van der Waals surface area contributed by atoms with E-state index in [1.54, 1.807) is 14.2 Å². The summed E-state index contributed by atoms with van der Waals surface area (Å²) in [6, 6.07) is 4.84. The number of ether oxygens (including phenoxy) is 1. The first-order valence-corrected chi connectivity index (χ1v) is 9.48. The summed E-state index contributed by atoms with van der Waals surface area (Å²) in [7, 11) is 3.43. The second kappa shape index (κ2) is 10.4. The molecule has 0 amide bonds. The van der Waals surface area contributed by atoms with E-state index in [0.717, 1.165) is 31.7 Å². The zero-order chi connectivity index (χ0) is 20.5. The molecular weight excluding hydrogens is 367 g/mol. The number of guanidine groups is 1. The third-order valence-electron chi connectivity index (χ3n) is 5.14. The number of halogens is 3. The Balaban J connectivity index is 1.82. The fourth-order valence-corrected chi connectivity index (χ4v) is 3.47. The first kappa shape index (κ1) is 22.1. The molecule has 0 saturated heterocycles. The lowest BCUT2D eigenvalue weighted by Gasteiger charge is -2.29. The zero-order valence-electron chi connectivity index (χ0n) is 16.5. The fourth-order valence-electron chi connectivity index (χ4n) is 3.47. The van der Waals surface area contributed by atoms with Gasteiger partial charge < -0.3 is 15.4 Å². The highest BCUT2D eigenvalue weighted by molar-refractivity contribution is 5.79. The Morgan fingerprint density at radius 2 is 1.86 bits per heavy atom. The summed E-state index contributed by atoms with van der Waals surface area (Å²) in [5, 5.41) is 6.50. The van der Waals surface area contributed by atoms with Gasteiger partial charge >= 0.3 is 6.18 Å². The SMILES string of the molecule is CN=C(NCC#Cc1ccc(C(F)(F)F)cc1)NCC1(CCOC)CCCC1. The maximum Gasteiger partial charge on any atom is 0.416 e. The van der Waals surface area contributed by atoms with Gasteiger partial charge in [0.25, 0.3) is 0 Å². The first-order chi connectivity index (χ1) is 13.4. The molecule has 0 spiro atoms. The van der Waals surface area contributed by atoms with E-state index >= 15 is 0 Å². The van der Waals surface area contributed by atoms with Crippen LogP contribution in [0.3, 0.4) is 0 Å². The number of benzene rings is 1. The van der Waals surface area contributed by atoms with Crippen molar-refractivity contribution in [3.05, 3.63) is 35.4 Å². The molecule has 0 aliphatic heterocycles. The average Bonchev–Trinajstić information content (AvgIpc) is 3.14. The van der Waals surface area contributed by atoms with Crippen LogP contribution in [0.15, 0.2) is 29.3 Å². The molecule has 28 heavy (non-hydrogen) atoms. The van der Waals surface area contributed by atoms with Crippen LogP contribution >= 0.6 is 0 Å². The third kappa shape index (κ3) is 6.75. The van der Waals surface area contributed by atoms with E-state index < -0.39 is 11.7 Å². The van der Waals surface area contributed by atoms with E-state index in [-0.39, 0.29) is 5.41 Å². The van der Waals surface area contributed by atoms with Crippen LogP contribution in [0.2, 0.25) is 0 Å². The van der Waals surface area contributed by atoms with Gasteiger partial charge in [-0.15, -0.1) is 0 Å². The lowest BCUT2D eigenvalue weighted by molar-refractivity contribution is -0.137. The molecule has 1 aliphatic rings. The van der Waals surface area contributed by atoms with Gasteiger partial charge in [-0.05, 0) is 48.9 Å². The standard InChI is InChI=1S/C21H28F3N3O/c1-25-19(27-16-20(13-15-28-2)11-3-4-12-20)26-14-5-6-17-7-9-18(10-8-17)21(22,23)24/h7-10H,3-4,11-16H2,1-2H3,(H2,25,26,27). The normalized spacial score (nSPS) is 16.4. The van der Waals surface area contributed by atoms with E-state index in [1.807, 2.05) is 0 Å². The summed E-state index contributed by atoms with van der Waals surface area (Å²) in [4.78, 5) is 4.21.